The Kier molecular flexibility index (Phi) is 6.81. The normalized spacial score (nSPS) is 18.9. The number of likely N-dealkylation sites (tertiary alicyclic amines) is 1. The fraction of sp³-hybridized carbons (Fsp3) is 0.600. The lowest BCUT2D eigenvalue weighted by Crippen LogP contribution is -2.39. The van der Waals surface area contributed by atoms with Gasteiger partial charge in [0.2, 0.25) is 0 Å². The number of aryl methyl sites for hydroxylation is 1. The van der Waals surface area contributed by atoms with Gasteiger partial charge in [0.05, 0.1) is 0 Å². The predicted octanol–water partition coefficient (Wildman–Crippen LogP) is 3.74. The van der Waals surface area contributed by atoms with E-state index >= 15 is 0 Å². The first kappa shape index (κ1) is 17.0. The zero-order valence-electron chi connectivity index (χ0n) is 11.7. The summed E-state index contributed by atoms with van der Waals surface area (Å²) < 4.78 is 1.20. The number of nitrogens with two attached hydrogens (primary N) is 1. The second-order valence-corrected chi connectivity index (χ2v) is 6.41. The minimum atomic E-state index is 0. The summed E-state index contributed by atoms with van der Waals surface area (Å²) >= 11 is 3.55. The molecule has 0 amide bonds. The van der Waals surface area contributed by atoms with E-state index in [1.54, 1.807) is 0 Å². The van der Waals surface area contributed by atoms with Crippen LogP contribution in [0.15, 0.2) is 22.7 Å². The molecule has 1 fully saturated rings. The third kappa shape index (κ3) is 4.75. The summed E-state index contributed by atoms with van der Waals surface area (Å²) in [6.07, 6.45) is 2.49. The van der Waals surface area contributed by atoms with Crippen LogP contribution in [0.1, 0.15) is 30.9 Å². The van der Waals surface area contributed by atoms with E-state index in [1.165, 1.54) is 41.5 Å². The quantitative estimate of drug-likeness (QED) is 0.902. The summed E-state index contributed by atoms with van der Waals surface area (Å²) in [7, 11) is 0. The lowest BCUT2D eigenvalue weighted by molar-refractivity contribution is 0.165. The highest BCUT2D eigenvalue weighted by Crippen LogP contribution is 2.22. The molecule has 1 aliphatic heterocycles. The van der Waals surface area contributed by atoms with Gasteiger partial charge in [-0.3, -0.25) is 4.90 Å². The van der Waals surface area contributed by atoms with Crippen molar-refractivity contribution in [1.82, 2.24) is 4.90 Å². The van der Waals surface area contributed by atoms with Gasteiger partial charge < -0.3 is 5.73 Å². The lowest BCUT2D eigenvalue weighted by Gasteiger charge is -2.33. The monoisotopic (exact) mass is 346 g/mol. The molecule has 2 N–H and O–H groups in total. The van der Waals surface area contributed by atoms with Gasteiger partial charge in [0.1, 0.15) is 0 Å². The number of nitrogens with zero attached hydrogens (tertiary/aromatic N) is 1. The second-order valence-electron chi connectivity index (χ2n) is 5.56. The first-order chi connectivity index (χ1) is 8.56. The summed E-state index contributed by atoms with van der Waals surface area (Å²) in [6, 6.07) is 7.00. The average molecular weight is 348 g/mol. The fourth-order valence-electron chi connectivity index (χ4n) is 2.70. The first-order valence-electron chi connectivity index (χ1n) is 6.79. The molecule has 2 rings (SSSR count). The van der Waals surface area contributed by atoms with E-state index in [-0.39, 0.29) is 12.4 Å². The summed E-state index contributed by atoms with van der Waals surface area (Å²) in [5.41, 5.74) is 8.71. The van der Waals surface area contributed by atoms with Crippen LogP contribution in [0.25, 0.3) is 0 Å². The van der Waals surface area contributed by atoms with Crippen molar-refractivity contribution in [3.63, 3.8) is 0 Å². The van der Waals surface area contributed by atoms with Crippen molar-refractivity contribution < 1.29 is 0 Å². The highest BCUT2D eigenvalue weighted by molar-refractivity contribution is 9.10. The van der Waals surface area contributed by atoms with Gasteiger partial charge in [-0.2, -0.15) is 0 Å². The third-order valence-electron chi connectivity index (χ3n) is 4.00. The summed E-state index contributed by atoms with van der Waals surface area (Å²) in [6.45, 7) is 7.72. The Morgan fingerprint density at radius 3 is 2.53 bits per heavy atom. The van der Waals surface area contributed by atoms with Gasteiger partial charge in [-0.25, -0.2) is 0 Å². The van der Waals surface area contributed by atoms with Crippen LogP contribution in [0.5, 0.6) is 0 Å². The SMILES string of the molecule is Cc1cc(CN2CCC(C(C)N)CC2)ccc1Br.Cl. The highest BCUT2D eigenvalue weighted by Gasteiger charge is 2.21. The number of piperidine rings is 1. The van der Waals surface area contributed by atoms with E-state index in [4.69, 9.17) is 5.73 Å². The molecule has 1 heterocycles. The molecule has 0 aliphatic carbocycles. The maximum Gasteiger partial charge on any atom is 0.0233 e. The van der Waals surface area contributed by atoms with Gasteiger partial charge in [-0.1, -0.05) is 28.1 Å². The van der Waals surface area contributed by atoms with Gasteiger partial charge in [0.15, 0.2) is 0 Å². The molecule has 0 bridgehead atoms. The molecule has 0 saturated carbocycles. The maximum absolute atomic E-state index is 5.98. The van der Waals surface area contributed by atoms with Crippen LogP contribution in [0, 0.1) is 12.8 Å². The lowest BCUT2D eigenvalue weighted by atomic mass is 9.91. The number of hydrogen-bond acceptors (Lipinski definition) is 2. The van der Waals surface area contributed by atoms with Crippen molar-refractivity contribution in [1.29, 1.82) is 0 Å². The molecule has 0 aromatic heterocycles. The fourth-order valence-corrected chi connectivity index (χ4v) is 2.95. The molecule has 4 heteroatoms. The van der Waals surface area contributed by atoms with E-state index < -0.39 is 0 Å². The van der Waals surface area contributed by atoms with Crippen LogP contribution < -0.4 is 5.73 Å². The number of hydrogen-bond donors (Lipinski definition) is 1. The van der Waals surface area contributed by atoms with Crippen LogP contribution in [0.2, 0.25) is 0 Å². The number of rotatable bonds is 3. The number of benzene rings is 1. The van der Waals surface area contributed by atoms with Crippen molar-refractivity contribution in [3.8, 4) is 0 Å². The maximum atomic E-state index is 5.98. The minimum Gasteiger partial charge on any atom is -0.328 e. The molecule has 1 unspecified atom stereocenters. The van der Waals surface area contributed by atoms with Crippen LogP contribution in [0.3, 0.4) is 0 Å². The Labute approximate surface area is 131 Å². The van der Waals surface area contributed by atoms with E-state index in [9.17, 15) is 0 Å². The van der Waals surface area contributed by atoms with E-state index in [2.05, 4.69) is 52.9 Å². The molecule has 0 spiro atoms. The Hall–Kier alpha value is -0.0900. The van der Waals surface area contributed by atoms with Crippen LogP contribution >= 0.6 is 28.3 Å². The molecule has 1 atom stereocenters. The van der Waals surface area contributed by atoms with E-state index in [0.29, 0.717) is 12.0 Å². The summed E-state index contributed by atoms with van der Waals surface area (Å²) in [5, 5.41) is 0. The smallest absolute Gasteiger partial charge is 0.0233 e. The predicted molar refractivity (Wildman–Crippen MR) is 87.8 cm³/mol. The zero-order chi connectivity index (χ0) is 13.1. The van der Waals surface area contributed by atoms with Crippen molar-refractivity contribution in [2.75, 3.05) is 13.1 Å². The molecule has 0 radical (unpaired) electrons. The average Bonchev–Trinajstić information content (AvgIpc) is 2.34. The van der Waals surface area contributed by atoms with Crippen molar-refractivity contribution in [3.05, 3.63) is 33.8 Å². The van der Waals surface area contributed by atoms with E-state index in [0.717, 1.165) is 6.54 Å². The van der Waals surface area contributed by atoms with Crippen LogP contribution in [-0.2, 0) is 6.54 Å². The molecule has 1 aromatic carbocycles. The molecule has 1 saturated heterocycles. The molecular formula is C15H24BrClN2. The Morgan fingerprint density at radius 1 is 1.37 bits per heavy atom. The molecule has 2 nitrogen and oxygen atoms in total. The Bertz CT molecular complexity index is 401. The second kappa shape index (κ2) is 7.63. The third-order valence-corrected chi connectivity index (χ3v) is 4.89. The Morgan fingerprint density at radius 2 is 2.00 bits per heavy atom. The van der Waals surface area contributed by atoms with Crippen LogP contribution in [-0.4, -0.2) is 24.0 Å². The Balaban J connectivity index is 0.00000180. The van der Waals surface area contributed by atoms with Crippen molar-refractivity contribution in [2.45, 2.75) is 39.3 Å². The highest BCUT2D eigenvalue weighted by atomic mass is 79.9. The van der Waals surface area contributed by atoms with Crippen molar-refractivity contribution >= 4 is 28.3 Å². The van der Waals surface area contributed by atoms with Gasteiger partial charge >= 0.3 is 0 Å². The van der Waals surface area contributed by atoms with Gasteiger partial charge in [-0.05, 0) is 62.9 Å². The van der Waals surface area contributed by atoms with Gasteiger partial charge in [-0.15, -0.1) is 12.4 Å². The number of halogens is 2. The summed E-state index contributed by atoms with van der Waals surface area (Å²) in [4.78, 5) is 2.54. The van der Waals surface area contributed by atoms with Gasteiger partial charge in [0.25, 0.3) is 0 Å². The molecular weight excluding hydrogens is 324 g/mol. The van der Waals surface area contributed by atoms with Crippen molar-refractivity contribution in [2.24, 2.45) is 11.7 Å². The zero-order valence-corrected chi connectivity index (χ0v) is 14.1. The largest absolute Gasteiger partial charge is 0.328 e. The molecule has 108 valence electrons. The molecule has 1 aliphatic rings. The topological polar surface area (TPSA) is 29.3 Å². The van der Waals surface area contributed by atoms with E-state index in [1.807, 2.05) is 0 Å². The van der Waals surface area contributed by atoms with Crippen LogP contribution in [0.4, 0.5) is 0 Å². The van der Waals surface area contributed by atoms with Gasteiger partial charge in [0, 0.05) is 17.1 Å². The standard InChI is InChI=1S/C15H23BrN2.ClH/c1-11-9-13(3-4-15(11)16)10-18-7-5-14(6-8-18)12(2)17;/h3-4,9,12,14H,5-8,10,17H2,1-2H3;1H. The first-order valence-corrected chi connectivity index (χ1v) is 7.58. The molecule has 19 heavy (non-hydrogen) atoms. The molecule has 1 aromatic rings. The minimum absolute atomic E-state index is 0. The summed E-state index contributed by atoms with van der Waals surface area (Å²) in [5.74, 6) is 0.716.